The second-order valence-electron chi connectivity index (χ2n) is 20.8. The number of carbonyl (C=O) groups is 2. The Bertz CT molecular complexity index is 3120. The van der Waals surface area contributed by atoms with Gasteiger partial charge in [0.25, 0.3) is 0 Å². The van der Waals surface area contributed by atoms with Crippen LogP contribution in [0.5, 0.6) is 11.8 Å². The summed E-state index contributed by atoms with van der Waals surface area (Å²) in [5, 5.41) is 25.7. The number of piperidine rings is 4. The van der Waals surface area contributed by atoms with Gasteiger partial charge in [0.15, 0.2) is 5.82 Å². The Labute approximate surface area is 410 Å². The van der Waals surface area contributed by atoms with E-state index in [4.69, 9.17) is 14.7 Å². The number of benzene rings is 3. The predicted molar refractivity (Wildman–Crippen MR) is 267 cm³/mol. The fraction of sp³-hybridized carbons (Fsp3) is 0.509. The number of anilines is 2. The lowest BCUT2D eigenvalue weighted by molar-refractivity contribution is -0.135. The zero-order valence-electron chi connectivity index (χ0n) is 40.7. The number of imide groups is 1. The molecule has 5 saturated heterocycles. The molecule has 3 N–H and O–H groups in total. The van der Waals surface area contributed by atoms with Crippen molar-refractivity contribution in [2.75, 3.05) is 68.7 Å². The molecule has 0 bridgehead atoms. The molecular weight excluding hydrogens is 911 g/mol. The molecule has 8 heterocycles. The number of aromatic nitrogens is 5. The summed E-state index contributed by atoms with van der Waals surface area (Å²) in [5.74, 6) is -0.950. The molecule has 5 fully saturated rings. The first-order valence-corrected chi connectivity index (χ1v) is 25.4. The van der Waals surface area contributed by atoms with E-state index in [1.54, 1.807) is 24.6 Å². The topological polar surface area (TPSA) is 174 Å². The minimum Gasteiger partial charge on any atom is -0.508 e. The molecular formula is C53H62F2N10O6. The molecule has 0 saturated carbocycles. The van der Waals surface area contributed by atoms with Crippen molar-refractivity contribution >= 4 is 56.0 Å². The van der Waals surface area contributed by atoms with Crippen molar-refractivity contribution < 1.29 is 33.3 Å². The number of nitrogens with zero attached hydrogens (tertiary/aromatic N) is 9. The molecule has 2 amide bonds. The van der Waals surface area contributed by atoms with E-state index in [9.17, 15) is 24.6 Å². The zero-order valence-corrected chi connectivity index (χ0v) is 40.7. The second kappa shape index (κ2) is 18.7. The molecule has 5 aliphatic heterocycles. The van der Waals surface area contributed by atoms with Crippen LogP contribution in [0.1, 0.15) is 83.2 Å². The van der Waals surface area contributed by atoms with Crippen LogP contribution in [0.25, 0.3) is 44.0 Å². The number of imidazole rings is 1. The first kappa shape index (κ1) is 47.1. The third-order valence-electron chi connectivity index (χ3n) is 16.0. The number of phenols is 1. The third-order valence-corrected chi connectivity index (χ3v) is 16.0. The SMILES string of the molecule is CCc1c(F)ccc2cc(O)cc(-c3ncc4c(N5CCC[C@@](C)(O)C5)nc(OC5CCN(C6CCN(CC7CCN(c8ccc9c(c8)n(C)c(=O)n9C8CCC(=O)NC8=O)CC7)CC6)C5)nc4c3F)c12. The number of hydrogen-bond donors (Lipinski definition) is 3. The number of hydrogen-bond acceptors (Lipinski definition) is 13. The van der Waals surface area contributed by atoms with E-state index in [0.29, 0.717) is 83.9 Å². The molecule has 71 heavy (non-hydrogen) atoms. The van der Waals surface area contributed by atoms with Gasteiger partial charge in [0.1, 0.15) is 40.7 Å². The normalized spacial score (nSPS) is 23.4. The van der Waals surface area contributed by atoms with Gasteiger partial charge in [-0.1, -0.05) is 13.0 Å². The van der Waals surface area contributed by atoms with E-state index in [2.05, 4.69) is 25.0 Å². The van der Waals surface area contributed by atoms with Crippen LogP contribution >= 0.6 is 0 Å². The second-order valence-corrected chi connectivity index (χ2v) is 20.8. The molecule has 0 aliphatic carbocycles. The fourth-order valence-electron chi connectivity index (χ4n) is 12.3. The highest BCUT2D eigenvalue weighted by molar-refractivity contribution is 6.02. The number of aromatic hydroxyl groups is 1. The van der Waals surface area contributed by atoms with Crippen LogP contribution in [0, 0.1) is 17.6 Å². The average Bonchev–Trinajstić information content (AvgIpc) is 3.92. The molecule has 5 aliphatic rings. The number of phenolic OH excluding ortho intramolecular Hbond substituents is 1. The van der Waals surface area contributed by atoms with E-state index >= 15 is 8.78 Å². The summed E-state index contributed by atoms with van der Waals surface area (Å²) in [6, 6.07) is 11.7. The molecule has 16 nitrogen and oxygen atoms in total. The summed E-state index contributed by atoms with van der Waals surface area (Å²) in [5.41, 5.74) is 1.91. The fourth-order valence-corrected chi connectivity index (χ4v) is 12.3. The number of halogens is 2. The van der Waals surface area contributed by atoms with Gasteiger partial charge in [-0.25, -0.2) is 13.6 Å². The highest BCUT2D eigenvalue weighted by atomic mass is 19.1. The van der Waals surface area contributed by atoms with Crippen molar-refractivity contribution in [3.8, 4) is 23.0 Å². The largest absolute Gasteiger partial charge is 0.508 e. The summed E-state index contributed by atoms with van der Waals surface area (Å²) in [6.07, 6.45) is 8.57. The van der Waals surface area contributed by atoms with E-state index in [0.717, 1.165) is 89.0 Å². The number of aliphatic hydroxyl groups is 1. The van der Waals surface area contributed by atoms with E-state index in [-0.39, 0.29) is 52.7 Å². The highest BCUT2D eigenvalue weighted by Crippen LogP contribution is 2.40. The molecule has 3 aromatic heterocycles. The molecule has 11 rings (SSSR count). The van der Waals surface area contributed by atoms with Gasteiger partial charge < -0.3 is 29.6 Å². The Hall–Kier alpha value is -6.24. The summed E-state index contributed by atoms with van der Waals surface area (Å²) >= 11 is 0. The van der Waals surface area contributed by atoms with E-state index < -0.39 is 29.2 Å². The monoisotopic (exact) mass is 972 g/mol. The lowest BCUT2D eigenvalue weighted by atomic mass is 9.94. The maximum atomic E-state index is 17.2. The van der Waals surface area contributed by atoms with Crippen LogP contribution in [0.15, 0.2) is 53.5 Å². The van der Waals surface area contributed by atoms with Crippen LogP contribution < -0.4 is 25.5 Å². The highest BCUT2D eigenvalue weighted by Gasteiger charge is 2.36. The Morgan fingerprint density at radius 3 is 2.46 bits per heavy atom. The lowest BCUT2D eigenvalue weighted by Gasteiger charge is -2.40. The Morgan fingerprint density at radius 2 is 1.70 bits per heavy atom. The smallest absolute Gasteiger partial charge is 0.329 e. The molecule has 374 valence electrons. The summed E-state index contributed by atoms with van der Waals surface area (Å²) in [6.45, 7) is 11.0. The summed E-state index contributed by atoms with van der Waals surface area (Å²) in [7, 11) is 1.73. The molecule has 0 spiro atoms. The van der Waals surface area contributed by atoms with Crippen molar-refractivity contribution in [3.63, 3.8) is 0 Å². The number of nitrogens with one attached hydrogen (secondary N) is 1. The maximum Gasteiger partial charge on any atom is 0.329 e. The molecule has 18 heteroatoms. The van der Waals surface area contributed by atoms with E-state index in [1.807, 2.05) is 30.0 Å². The van der Waals surface area contributed by atoms with E-state index in [1.165, 1.54) is 29.0 Å². The Kier molecular flexibility index (Phi) is 12.4. The third kappa shape index (κ3) is 8.96. The minimum absolute atomic E-state index is 0.00732. The number of carbonyl (C=O) groups excluding carboxylic acids is 2. The van der Waals surface area contributed by atoms with Gasteiger partial charge >= 0.3 is 11.7 Å². The van der Waals surface area contributed by atoms with Crippen LogP contribution in [0.3, 0.4) is 0 Å². The van der Waals surface area contributed by atoms with Crippen molar-refractivity contribution in [2.24, 2.45) is 13.0 Å². The molecule has 2 unspecified atom stereocenters. The zero-order chi connectivity index (χ0) is 49.3. The number of likely N-dealkylation sites (tertiary alicyclic amines) is 2. The standard InChI is InChI=1S/C53H62F2N10O6/c1-4-37-40(54)8-6-32-24-35(66)26-38(45(32)37)47-46(55)48-39(27-56-47)49(64-18-5-17-53(2,70)30-64)59-51(58-48)71-36-16-23-63(29-36)33-14-19-61(20-15-33)28-31-12-21-62(22-13-31)34-7-9-41-43(25-34)60(3)52(69)65(41)42-10-11-44(67)57-50(42)68/h6-9,24-27,31,33,36,42,66,70H,4-5,10-23,28-30H2,1-3H3,(H,57,67,68)/t36?,42?,53-/m1/s1. The number of ether oxygens (including phenoxy) is 1. The summed E-state index contributed by atoms with van der Waals surface area (Å²) in [4.78, 5) is 61.4. The van der Waals surface area contributed by atoms with Crippen LogP contribution in [-0.4, -0.2) is 133 Å². The van der Waals surface area contributed by atoms with Crippen molar-refractivity contribution in [2.45, 2.75) is 102 Å². The minimum atomic E-state index is -0.970. The summed E-state index contributed by atoms with van der Waals surface area (Å²) < 4.78 is 42.0. The first-order chi connectivity index (χ1) is 34.2. The van der Waals surface area contributed by atoms with Crippen LogP contribution in [0.4, 0.5) is 20.3 Å². The number of pyridine rings is 1. The van der Waals surface area contributed by atoms with Crippen LogP contribution in [0.2, 0.25) is 0 Å². The molecule has 3 atom stereocenters. The molecule has 6 aromatic rings. The quantitative estimate of drug-likeness (QED) is 0.133. The molecule has 3 aromatic carbocycles. The first-order valence-electron chi connectivity index (χ1n) is 25.4. The Balaban J connectivity index is 0.737. The number of fused-ring (bicyclic) bond motifs is 3. The van der Waals surface area contributed by atoms with Crippen molar-refractivity contribution in [3.05, 3.63) is 76.3 Å². The maximum absolute atomic E-state index is 17.2. The van der Waals surface area contributed by atoms with Gasteiger partial charge in [0, 0.05) is 82.8 Å². The number of aryl methyl sites for hydroxylation is 2. The number of rotatable bonds is 10. The van der Waals surface area contributed by atoms with Crippen molar-refractivity contribution in [1.29, 1.82) is 0 Å². The Morgan fingerprint density at radius 1 is 0.901 bits per heavy atom. The predicted octanol–water partition coefficient (Wildman–Crippen LogP) is 6.21. The van der Waals surface area contributed by atoms with Crippen molar-refractivity contribution in [1.82, 2.24) is 39.2 Å². The van der Waals surface area contributed by atoms with Gasteiger partial charge in [0.05, 0.1) is 22.0 Å². The van der Waals surface area contributed by atoms with Gasteiger partial charge in [-0.3, -0.25) is 33.9 Å². The lowest BCUT2D eigenvalue weighted by Crippen LogP contribution is -2.47. The molecule has 0 radical (unpaired) electrons. The van der Waals surface area contributed by atoms with Gasteiger partial charge in [-0.2, -0.15) is 9.97 Å². The van der Waals surface area contributed by atoms with Gasteiger partial charge in [0.2, 0.25) is 11.8 Å². The average molecular weight is 973 g/mol. The number of β-amino-alcohol motifs (C(OH)–C–C–N with tert-alkyl or cyclic N) is 1. The number of amides is 2. The van der Waals surface area contributed by atoms with Crippen LogP contribution in [-0.2, 0) is 23.1 Å². The van der Waals surface area contributed by atoms with Gasteiger partial charge in [-0.05, 0) is 136 Å². The van der Waals surface area contributed by atoms with Gasteiger partial charge in [-0.15, -0.1) is 0 Å².